The van der Waals surface area contributed by atoms with E-state index in [-0.39, 0.29) is 11.8 Å². The van der Waals surface area contributed by atoms with Gasteiger partial charge in [0.1, 0.15) is 5.75 Å². The van der Waals surface area contributed by atoms with Crippen LogP contribution in [0.2, 0.25) is 5.02 Å². The maximum Gasteiger partial charge on any atom is 0.265 e. The third-order valence-corrected chi connectivity index (χ3v) is 4.74. The molecule has 5 nitrogen and oxygen atoms in total. The molecule has 0 radical (unpaired) electrons. The Labute approximate surface area is 181 Å². The first-order valence-electron chi connectivity index (χ1n) is 9.67. The average Bonchev–Trinajstić information content (AvgIpc) is 2.76. The highest BCUT2D eigenvalue weighted by molar-refractivity contribution is 6.32. The summed E-state index contributed by atoms with van der Waals surface area (Å²) >= 11 is 6.06. The zero-order valence-electron chi connectivity index (χ0n) is 16.6. The first kappa shape index (κ1) is 21.4. The summed E-state index contributed by atoms with van der Waals surface area (Å²) in [6, 6.07) is 23.8. The number of carbonyl (C=O) groups is 2. The number of aryl methyl sites for hydroxylation is 1. The average molecular weight is 423 g/mol. The maximum atomic E-state index is 12.4. The molecule has 0 unspecified atom stereocenters. The Morgan fingerprint density at radius 3 is 2.13 bits per heavy atom. The van der Waals surface area contributed by atoms with E-state index < -0.39 is 6.10 Å². The summed E-state index contributed by atoms with van der Waals surface area (Å²) in [7, 11) is 0. The van der Waals surface area contributed by atoms with Crippen LogP contribution in [0.1, 0.15) is 18.9 Å². The number of rotatable bonds is 8. The zero-order chi connectivity index (χ0) is 21.3. The van der Waals surface area contributed by atoms with E-state index in [0.29, 0.717) is 35.0 Å². The molecule has 30 heavy (non-hydrogen) atoms. The quantitative estimate of drug-likeness (QED) is 0.516. The number of hydrogen-bond donors (Lipinski definition) is 2. The first-order chi connectivity index (χ1) is 14.5. The van der Waals surface area contributed by atoms with Crippen LogP contribution < -0.4 is 15.4 Å². The van der Waals surface area contributed by atoms with Crippen LogP contribution in [0.4, 0.5) is 11.4 Å². The molecule has 3 aromatic rings. The van der Waals surface area contributed by atoms with Gasteiger partial charge in [-0.25, -0.2) is 0 Å². The van der Waals surface area contributed by atoms with Crippen LogP contribution in [0, 0.1) is 0 Å². The SMILES string of the molecule is C[C@@H](Oc1ccccc1Cl)C(=O)Nc1ccc(NC(=O)CCc2ccccc2)cc1. The van der Waals surface area contributed by atoms with Crippen molar-refractivity contribution in [2.45, 2.75) is 25.9 Å². The standard InChI is InChI=1S/C24H23ClN2O3/c1-17(30-22-10-6-5-9-21(22)25)24(29)27-20-14-12-19(13-15-20)26-23(28)16-11-18-7-3-2-4-8-18/h2-10,12-15,17H,11,16H2,1H3,(H,26,28)(H,27,29)/t17-/m1/s1. The molecule has 6 heteroatoms. The Kier molecular flexibility index (Phi) is 7.46. The number of para-hydroxylation sites is 1. The molecule has 0 fully saturated rings. The van der Waals surface area contributed by atoms with Gasteiger partial charge < -0.3 is 15.4 Å². The van der Waals surface area contributed by atoms with Crippen LogP contribution in [0.25, 0.3) is 0 Å². The number of amides is 2. The number of carbonyl (C=O) groups excluding carboxylic acids is 2. The molecule has 3 aromatic carbocycles. The van der Waals surface area contributed by atoms with E-state index in [1.807, 2.05) is 30.3 Å². The Hall–Kier alpha value is -3.31. The lowest BCUT2D eigenvalue weighted by molar-refractivity contribution is -0.122. The molecule has 0 aliphatic carbocycles. The number of nitrogens with one attached hydrogen (secondary N) is 2. The highest BCUT2D eigenvalue weighted by Crippen LogP contribution is 2.24. The molecule has 0 saturated heterocycles. The lowest BCUT2D eigenvalue weighted by atomic mass is 10.1. The molecule has 0 aliphatic rings. The monoisotopic (exact) mass is 422 g/mol. The predicted octanol–water partition coefficient (Wildman–Crippen LogP) is 5.32. The third-order valence-electron chi connectivity index (χ3n) is 4.43. The molecule has 0 aliphatic heterocycles. The summed E-state index contributed by atoms with van der Waals surface area (Å²) in [6.07, 6.45) is 0.367. The molecule has 2 amide bonds. The highest BCUT2D eigenvalue weighted by Gasteiger charge is 2.16. The van der Waals surface area contributed by atoms with Crippen molar-refractivity contribution in [3.63, 3.8) is 0 Å². The minimum absolute atomic E-state index is 0.0580. The smallest absolute Gasteiger partial charge is 0.265 e. The lowest BCUT2D eigenvalue weighted by Gasteiger charge is -2.15. The fourth-order valence-corrected chi connectivity index (χ4v) is 2.97. The second-order valence-electron chi connectivity index (χ2n) is 6.79. The van der Waals surface area contributed by atoms with Gasteiger partial charge in [0.05, 0.1) is 5.02 Å². The van der Waals surface area contributed by atoms with Gasteiger partial charge in [-0.05, 0) is 55.3 Å². The van der Waals surface area contributed by atoms with E-state index in [2.05, 4.69) is 10.6 Å². The Morgan fingerprint density at radius 1 is 0.867 bits per heavy atom. The summed E-state index contributed by atoms with van der Waals surface area (Å²) in [5.41, 5.74) is 2.40. The number of benzene rings is 3. The molecule has 2 N–H and O–H groups in total. The molecule has 1 atom stereocenters. The van der Waals surface area contributed by atoms with Crippen LogP contribution in [0.5, 0.6) is 5.75 Å². The lowest BCUT2D eigenvalue weighted by Crippen LogP contribution is -2.30. The minimum atomic E-state index is -0.720. The van der Waals surface area contributed by atoms with Crippen molar-refractivity contribution in [3.05, 3.63) is 89.4 Å². The molecule has 0 heterocycles. The zero-order valence-corrected chi connectivity index (χ0v) is 17.4. The molecule has 3 rings (SSSR count). The minimum Gasteiger partial charge on any atom is -0.479 e. The number of ether oxygens (including phenoxy) is 1. The van der Waals surface area contributed by atoms with Gasteiger partial charge in [0.25, 0.3) is 5.91 Å². The van der Waals surface area contributed by atoms with Gasteiger partial charge in [-0.1, -0.05) is 54.1 Å². The fourth-order valence-electron chi connectivity index (χ4n) is 2.79. The summed E-state index contributed by atoms with van der Waals surface area (Å²) in [6.45, 7) is 1.65. The van der Waals surface area contributed by atoms with Gasteiger partial charge in [0.2, 0.25) is 5.91 Å². The van der Waals surface area contributed by atoms with E-state index in [9.17, 15) is 9.59 Å². The Morgan fingerprint density at radius 2 is 1.47 bits per heavy atom. The molecular weight excluding hydrogens is 400 g/mol. The van der Waals surface area contributed by atoms with Crippen LogP contribution in [-0.2, 0) is 16.0 Å². The summed E-state index contributed by atoms with van der Waals surface area (Å²) in [5, 5.41) is 6.10. The molecule has 0 saturated carbocycles. The van der Waals surface area contributed by atoms with Crippen LogP contribution >= 0.6 is 11.6 Å². The third kappa shape index (κ3) is 6.36. The van der Waals surface area contributed by atoms with E-state index in [1.165, 1.54) is 0 Å². The molecule has 154 valence electrons. The van der Waals surface area contributed by atoms with Gasteiger partial charge in [0, 0.05) is 17.8 Å². The molecular formula is C24H23ClN2O3. The molecule has 0 bridgehead atoms. The first-order valence-corrected chi connectivity index (χ1v) is 10.0. The highest BCUT2D eigenvalue weighted by atomic mass is 35.5. The Bertz CT molecular complexity index is 991. The van der Waals surface area contributed by atoms with Crippen molar-refractivity contribution in [1.29, 1.82) is 0 Å². The topological polar surface area (TPSA) is 67.4 Å². The summed E-state index contributed by atoms with van der Waals surface area (Å²) in [4.78, 5) is 24.5. The Balaban J connectivity index is 1.48. The summed E-state index contributed by atoms with van der Waals surface area (Å²) in [5.74, 6) is 0.0994. The van der Waals surface area contributed by atoms with Crippen molar-refractivity contribution >= 4 is 34.8 Å². The van der Waals surface area contributed by atoms with Gasteiger partial charge in [-0.15, -0.1) is 0 Å². The number of halogens is 1. The van der Waals surface area contributed by atoms with E-state index in [0.717, 1.165) is 5.56 Å². The maximum absolute atomic E-state index is 12.4. The van der Waals surface area contributed by atoms with Gasteiger partial charge in [-0.2, -0.15) is 0 Å². The van der Waals surface area contributed by atoms with Crippen molar-refractivity contribution in [2.24, 2.45) is 0 Å². The van der Waals surface area contributed by atoms with Gasteiger partial charge in [-0.3, -0.25) is 9.59 Å². The second kappa shape index (κ2) is 10.5. The van der Waals surface area contributed by atoms with Gasteiger partial charge >= 0.3 is 0 Å². The molecule has 0 aromatic heterocycles. The summed E-state index contributed by atoms with van der Waals surface area (Å²) < 4.78 is 5.62. The predicted molar refractivity (Wildman–Crippen MR) is 120 cm³/mol. The van der Waals surface area contributed by atoms with Gasteiger partial charge in [0.15, 0.2) is 6.10 Å². The van der Waals surface area contributed by atoms with Crippen molar-refractivity contribution in [1.82, 2.24) is 0 Å². The normalized spacial score (nSPS) is 11.4. The van der Waals surface area contributed by atoms with Crippen molar-refractivity contribution in [3.8, 4) is 5.75 Å². The van der Waals surface area contributed by atoms with Crippen LogP contribution in [0.3, 0.4) is 0 Å². The second-order valence-corrected chi connectivity index (χ2v) is 7.20. The van der Waals surface area contributed by atoms with Crippen LogP contribution in [-0.4, -0.2) is 17.9 Å². The fraction of sp³-hybridized carbons (Fsp3) is 0.167. The van der Waals surface area contributed by atoms with Crippen molar-refractivity contribution in [2.75, 3.05) is 10.6 Å². The van der Waals surface area contributed by atoms with E-state index in [4.69, 9.17) is 16.3 Å². The molecule has 0 spiro atoms. The number of hydrogen-bond acceptors (Lipinski definition) is 3. The van der Waals surface area contributed by atoms with E-state index in [1.54, 1.807) is 55.5 Å². The van der Waals surface area contributed by atoms with E-state index >= 15 is 0 Å². The number of anilines is 2. The largest absolute Gasteiger partial charge is 0.479 e. The van der Waals surface area contributed by atoms with Crippen LogP contribution in [0.15, 0.2) is 78.9 Å². The van der Waals surface area contributed by atoms with Crippen molar-refractivity contribution < 1.29 is 14.3 Å².